The number of carbonyl (C=O) groups is 1. The van der Waals surface area contributed by atoms with Crippen LogP contribution in [0.4, 0.5) is 10.8 Å². The highest BCUT2D eigenvalue weighted by Crippen LogP contribution is 2.29. The molecule has 1 amide bonds. The van der Waals surface area contributed by atoms with E-state index in [1.807, 2.05) is 26.0 Å². The summed E-state index contributed by atoms with van der Waals surface area (Å²) in [4.78, 5) is 12.2. The number of nitrogens with zero attached hydrogens (tertiary/aromatic N) is 2. The van der Waals surface area contributed by atoms with Crippen molar-refractivity contribution in [1.82, 2.24) is 10.2 Å². The van der Waals surface area contributed by atoms with Crippen LogP contribution in [0.5, 0.6) is 0 Å². The van der Waals surface area contributed by atoms with Crippen molar-refractivity contribution in [3.8, 4) is 0 Å². The summed E-state index contributed by atoms with van der Waals surface area (Å²) in [5.74, 6) is 0.136. The molecule has 26 heavy (non-hydrogen) atoms. The molecule has 1 saturated heterocycles. The van der Waals surface area contributed by atoms with Gasteiger partial charge in [-0.25, -0.2) is 0 Å². The zero-order valence-electron chi connectivity index (χ0n) is 14.7. The molecule has 0 spiro atoms. The van der Waals surface area contributed by atoms with Gasteiger partial charge < -0.3 is 15.4 Å². The number of thioether (sulfide) groups is 1. The molecule has 9 heteroatoms. The van der Waals surface area contributed by atoms with Crippen molar-refractivity contribution in [3.63, 3.8) is 0 Å². The van der Waals surface area contributed by atoms with E-state index in [1.165, 1.54) is 23.1 Å². The van der Waals surface area contributed by atoms with Crippen LogP contribution in [0.2, 0.25) is 5.02 Å². The van der Waals surface area contributed by atoms with Gasteiger partial charge in [0.15, 0.2) is 4.34 Å². The Morgan fingerprint density at radius 1 is 1.42 bits per heavy atom. The lowest BCUT2D eigenvalue weighted by atomic mass is 10.1. The second-order valence-corrected chi connectivity index (χ2v) is 8.77. The molecule has 3 rings (SSSR count). The van der Waals surface area contributed by atoms with Crippen molar-refractivity contribution in [2.75, 3.05) is 29.5 Å². The molecule has 0 saturated carbocycles. The highest BCUT2D eigenvalue weighted by molar-refractivity contribution is 8.01. The predicted molar refractivity (Wildman–Crippen MR) is 108 cm³/mol. The Morgan fingerprint density at radius 2 is 2.27 bits per heavy atom. The minimum Gasteiger partial charge on any atom is -0.376 e. The first-order chi connectivity index (χ1) is 12.5. The summed E-state index contributed by atoms with van der Waals surface area (Å²) in [7, 11) is 0. The molecule has 1 aliphatic heterocycles. The molecule has 1 aromatic carbocycles. The number of ether oxygens (including phenoxy) is 1. The highest BCUT2D eigenvalue weighted by Gasteiger charge is 2.16. The maximum absolute atomic E-state index is 12.2. The Kier molecular flexibility index (Phi) is 6.74. The van der Waals surface area contributed by atoms with Gasteiger partial charge in [-0.1, -0.05) is 40.8 Å². The van der Waals surface area contributed by atoms with Crippen molar-refractivity contribution < 1.29 is 9.53 Å². The molecule has 1 atom stereocenters. The molecule has 1 fully saturated rings. The molecule has 1 aromatic heterocycles. The average molecular weight is 413 g/mol. The normalized spacial score (nSPS) is 16.7. The third kappa shape index (κ3) is 5.33. The molecule has 2 N–H and O–H groups in total. The number of hydrogen-bond acceptors (Lipinski definition) is 7. The van der Waals surface area contributed by atoms with E-state index < -0.39 is 0 Å². The molecule has 0 radical (unpaired) electrons. The Labute approximate surface area is 166 Å². The first-order valence-electron chi connectivity index (χ1n) is 8.39. The van der Waals surface area contributed by atoms with Gasteiger partial charge in [-0.2, -0.15) is 0 Å². The average Bonchev–Trinajstić information content (AvgIpc) is 3.25. The molecule has 1 unspecified atom stereocenters. The van der Waals surface area contributed by atoms with Gasteiger partial charge in [0.05, 0.1) is 22.6 Å². The summed E-state index contributed by atoms with van der Waals surface area (Å²) in [5, 5.41) is 15.6. The van der Waals surface area contributed by atoms with E-state index in [0.717, 1.165) is 46.6 Å². The van der Waals surface area contributed by atoms with Gasteiger partial charge >= 0.3 is 0 Å². The summed E-state index contributed by atoms with van der Waals surface area (Å²) in [6, 6.07) is 3.83. The van der Waals surface area contributed by atoms with E-state index in [0.29, 0.717) is 10.7 Å². The number of nitrogens with one attached hydrogen (secondary N) is 2. The van der Waals surface area contributed by atoms with Crippen LogP contribution >= 0.6 is 34.7 Å². The zero-order chi connectivity index (χ0) is 18.5. The van der Waals surface area contributed by atoms with Crippen LogP contribution < -0.4 is 10.6 Å². The van der Waals surface area contributed by atoms with Crippen molar-refractivity contribution in [1.29, 1.82) is 0 Å². The van der Waals surface area contributed by atoms with Gasteiger partial charge in [0.2, 0.25) is 11.0 Å². The van der Waals surface area contributed by atoms with Crippen LogP contribution in [-0.2, 0) is 9.53 Å². The van der Waals surface area contributed by atoms with Crippen LogP contribution in [0.15, 0.2) is 16.5 Å². The largest absolute Gasteiger partial charge is 0.376 e. The maximum Gasteiger partial charge on any atom is 0.234 e. The van der Waals surface area contributed by atoms with Gasteiger partial charge in [0, 0.05) is 13.2 Å². The topological polar surface area (TPSA) is 76.1 Å². The molecule has 0 aliphatic carbocycles. The number of aryl methyl sites for hydroxylation is 2. The number of carbonyl (C=O) groups excluding carboxylic acids is 1. The van der Waals surface area contributed by atoms with Gasteiger partial charge in [-0.3, -0.25) is 4.79 Å². The van der Waals surface area contributed by atoms with Crippen molar-refractivity contribution in [2.45, 2.75) is 37.1 Å². The van der Waals surface area contributed by atoms with E-state index in [2.05, 4.69) is 20.8 Å². The molecular formula is C17H21ClN4O2S2. The first kappa shape index (κ1) is 19.4. The lowest BCUT2D eigenvalue weighted by Crippen LogP contribution is -2.18. The first-order valence-corrected chi connectivity index (χ1v) is 10.6. The molecule has 1 aliphatic rings. The monoisotopic (exact) mass is 412 g/mol. The zero-order valence-corrected chi connectivity index (χ0v) is 17.1. The number of halogens is 1. The fourth-order valence-electron chi connectivity index (χ4n) is 2.72. The van der Waals surface area contributed by atoms with Crippen molar-refractivity contribution in [2.24, 2.45) is 0 Å². The Hall–Kier alpha value is -1.35. The number of amides is 1. The second-order valence-electron chi connectivity index (χ2n) is 6.16. The molecule has 6 nitrogen and oxygen atoms in total. The van der Waals surface area contributed by atoms with Crippen LogP contribution in [0, 0.1) is 13.8 Å². The predicted octanol–water partition coefficient (Wildman–Crippen LogP) is 4.13. The quantitative estimate of drug-likeness (QED) is 0.666. The number of benzene rings is 1. The van der Waals surface area contributed by atoms with Gasteiger partial charge in [0.1, 0.15) is 0 Å². The van der Waals surface area contributed by atoms with E-state index in [1.54, 1.807) is 0 Å². The summed E-state index contributed by atoms with van der Waals surface area (Å²) >= 11 is 9.03. The van der Waals surface area contributed by atoms with Crippen LogP contribution in [0.25, 0.3) is 0 Å². The number of aromatic nitrogens is 2. The van der Waals surface area contributed by atoms with Crippen molar-refractivity contribution >= 4 is 51.4 Å². The summed E-state index contributed by atoms with van der Waals surface area (Å²) in [5.41, 5.74) is 2.68. The minimum atomic E-state index is -0.118. The van der Waals surface area contributed by atoms with Gasteiger partial charge in [0.25, 0.3) is 0 Å². The third-order valence-electron chi connectivity index (χ3n) is 3.93. The standard InChI is InChI=1S/C17H21ClN4O2S2/c1-10-6-11(2)15(13(18)7-10)20-14(23)9-25-17-22-21-16(26-17)19-8-12-4-3-5-24-12/h6-7,12H,3-5,8-9H2,1-2H3,(H,19,21)(H,20,23). The molecular weight excluding hydrogens is 392 g/mol. The lowest BCUT2D eigenvalue weighted by molar-refractivity contribution is -0.113. The number of hydrogen-bond donors (Lipinski definition) is 2. The van der Waals surface area contributed by atoms with Crippen molar-refractivity contribution in [3.05, 3.63) is 28.3 Å². The fraction of sp³-hybridized carbons (Fsp3) is 0.471. The fourth-order valence-corrected chi connectivity index (χ4v) is 4.65. The van der Waals surface area contributed by atoms with Crippen LogP contribution in [0.1, 0.15) is 24.0 Å². The highest BCUT2D eigenvalue weighted by atomic mass is 35.5. The SMILES string of the molecule is Cc1cc(C)c(NC(=O)CSc2nnc(NCC3CCCO3)s2)c(Cl)c1. The molecule has 140 valence electrons. The van der Waals surface area contributed by atoms with Gasteiger partial charge in [-0.05, 0) is 43.9 Å². The van der Waals surface area contributed by atoms with E-state index in [9.17, 15) is 4.79 Å². The van der Waals surface area contributed by atoms with E-state index in [-0.39, 0.29) is 17.8 Å². The Balaban J connectivity index is 1.47. The minimum absolute atomic E-state index is 0.118. The van der Waals surface area contributed by atoms with E-state index >= 15 is 0 Å². The second kappa shape index (κ2) is 9.03. The van der Waals surface area contributed by atoms with Gasteiger partial charge in [-0.15, -0.1) is 10.2 Å². The smallest absolute Gasteiger partial charge is 0.234 e. The molecule has 2 aromatic rings. The van der Waals surface area contributed by atoms with Crippen LogP contribution in [-0.4, -0.2) is 41.1 Å². The molecule has 2 heterocycles. The summed E-state index contributed by atoms with van der Waals surface area (Å²) in [6.45, 7) is 5.48. The number of anilines is 2. The Morgan fingerprint density at radius 3 is 3.00 bits per heavy atom. The summed E-state index contributed by atoms with van der Waals surface area (Å²) < 4.78 is 6.32. The lowest BCUT2D eigenvalue weighted by Gasteiger charge is -2.11. The van der Waals surface area contributed by atoms with E-state index in [4.69, 9.17) is 16.3 Å². The Bertz CT molecular complexity index is 755. The van der Waals surface area contributed by atoms with Crippen LogP contribution in [0.3, 0.4) is 0 Å². The maximum atomic E-state index is 12.2. The summed E-state index contributed by atoms with van der Waals surface area (Å²) in [6.07, 6.45) is 2.45. The number of rotatable bonds is 7. The molecule has 0 bridgehead atoms. The third-order valence-corrected chi connectivity index (χ3v) is 6.25.